The first kappa shape index (κ1) is 24.9. The normalized spacial score (nSPS) is 47.7. The molecule has 0 spiro atoms. The van der Waals surface area contributed by atoms with E-state index < -0.39 is 17.7 Å². The minimum atomic E-state index is -1.05. The third kappa shape index (κ3) is 4.02. The van der Waals surface area contributed by atoms with E-state index >= 15 is 0 Å². The highest BCUT2D eigenvalue weighted by Crippen LogP contribution is 2.69. The van der Waals surface area contributed by atoms with Gasteiger partial charge in [-0.3, -0.25) is 9.59 Å². The highest BCUT2D eigenvalue weighted by atomic mass is 16.4. The molecule has 0 heterocycles. The van der Waals surface area contributed by atoms with Crippen LogP contribution in [0, 0.1) is 40.4 Å². The second-order valence-corrected chi connectivity index (χ2v) is 12.3. The van der Waals surface area contributed by atoms with Crippen LogP contribution in [0.1, 0.15) is 85.0 Å². The standard InChI is InChI=1S/C26H43NO6/c1-15(4-7-22(30)27-14-23(31)32)18-5-6-19-25(18,3)21(29)13-20-24(2)10-9-17(28)12-16(24)8-11-26(19,20)33/h15-21,28-29,33H,4-14H2,1-3H3,(H,27,30)(H,31,32)/t15-,16+,17-,18+,19-,20+,21+,24+,25-,26+/m1/s1. The van der Waals surface area contributed by atoms with Crippen LogP contribution in [-0.2, 0) is 9.59 Å². The average molecular weight is 466 g/mol. The number of carbonyl (C=O) groups is 2. The van der Waals surface area contributed by atoms with Crippen LogP contribution in [0.5, 0.6) is 0 Å². The number of fused-ring (bicyclic) bond motifs is 5. The average Bonchev–Trinajstić information content (AvgIpc) is 3.13. The number of amides is 1. The van der Waals surface area contributed by atoms with Crippen molar-refractivity contribution in [2.75, 3.05) is 6.54 Å². The van der Waals surface area contributed by atoms with Gasteiger partial charge in [0.1, 0.15) is 6.54 Å². The molecule has 0 aromatic rings. The Morgan fingerprint density at radius 1 is 1.03 bits per heavy atom. The second-order valence-electron chi connectivity index (χ2n) is 12.3. The Labute approximate surface area is 197 Å². The molecule has 0 bridgehead atoms. The van der Waals surface area contributed by atoms with E-state index in [4.69, 9.17) is 5.11 Å². The molecular weight excluding hydrogens is 422 g/mol. The fourth-order valence-electron chi connectivity index (χ4n) is 9.04. The van der Waals surface area contributed by atoms with Crippen LogP contribution in [0.4, 0.5) is 0 Å². The largest absolute Gasteiger partial charge is 0.480 e. The molecule has 0 saturated heterocycles. The second kappa shape index (κ2) is 8.80. The number of carbonyl (C=O) groups excluding carboxylic acids is 1. The third-order valence-corrected chi connectivity index (χ3v) is 10.8. The van der Waals surface area contributed by atoms with Gasteiger partial charge >= 0.3 is 5.97 Å². The van der Waals surface area contributed by atoms with Gasteiger partial charge in [0, 0.05) is 11.8 Å². The first-order chi connectivity index (χ1) is 15.4. The van der Waals surface area contributed by atoms with Crippen molar-refractivity contribution < 1.29 is 30.0 Å². The maximum atomic E-state index is 12.3. The van der Waals surface area contributed by atoms with Gasteiger partial charge in [0.05, 0.1) is 17.8 Å². The zero-order chi connectivity index (χ0) is 24.2. The summed E-state index contributed by atoms with van der Waals surface area (Å²) in [5.74, 6) is -0.389. The van der Waals surface area contributed by atoms with Gasteiger partial charge in [-0.15, -0.1) is 0 Å². The number of hydrogen-bond donors (Lipinski definition) is 5. The van der Waals surface area contributed by atoms with Gasteiger partial charge in [0.25, 0.3) is 0 Å². The van der Waals surface area contributed by atoms with Gasteiger partial charge in [0.15, 0.2) is 0 Å². The van der Waals surface area contributed by atoms with E-state index in [1.165, 1.54) is 0 Å². The number of rotatable bonds is 6. The van der Waals surface area contributed by atoms with Crippen molar-refractivity contribution in [3.05, 3.63) is 0 Å². The molecule has 10 atom stereocenters. The van der Waals surface area contributed by atoms with Gasteiger partial charge < -0.3 is 25.7 Å². The van der Waals surface area contributed by atoms with Crippen LogP contribution in [-0.4, -0.2) is 56.7 Å². The fraction of sp³-hybridized carbons (Fsp3) is 0.923. The summed E-state index contributed by atoms with van der Waals surface area (Å²) in [5.41, 5.74) is -1.21. The summed E-state index contributed by atoms with van der Waals surface area (Å²) in [6.45, 7) is 6.22. The molecule has 33 heavy (non-hydrogen) atoms. The lowest BCUT2D eigenvalue weighted by Crippen LogP contribution is -2.67. The van der Waals surface area contributed by atoms with Crippen LogP contribution < -0.4 is 5.32 Å². The molecule has 0 aliphatic heterocycles. The lowest BCUT2D eigenvalue weighted by Gasteiger charge is -2.65. The zero-order valence-corrected chi connectivity index (χ0v) is 20.4. The van der Waals surface area contributed by atoms with E-state index in [-0.39, 0.29) is 59.5 Å². The molecule has 4 aliphatic rings. The van der Waals surface area contributed by atoms with Gasteiger partial charge in [-0.05, 0) is 92.8 Å². The van der Waals surface area contributed by atoms with Crippen LogP contribution >= 0.6 is 0 Å². The van der Waals surface area contributed by atoms with Gasteiger partial charge in [-0.2, -0.15) is 0 Å². The molecule has 0 unspecified atom stereocenters. The Kier molecular flexibility index (Phi) is 6.64. The first-order valence-corrected chi connectivity index (χ1v) is 13.0. The molecule has 1 amide bonds. The smallest absolute Gasteiger partial charge is 0.322 e. The van der Waals surface area contributed by atoms with Crippen molar-refractivity contribution in [3.8, 4) is 0 Å². The number of carboxylic acid groups (broad SMARTS) is 1. The minimum Gasteiger partial charge on any atom is -0.480 e. The Balaban J connectivity index is 1.50. The number of carboxylic acids is 1. The summed E-state index contributed by atoms with van der Waals surface area (Å²) in [4.78, 5) is 22.7. The van der Waals surface area contributed by atoms with E-state index in [0.29, 0.717) is 18.8 Å². The number of aliphatic carboxylic acids is 1. The molecule has 7 heteroatoms. The maximum absolute atomic E-state index is 12.3. The molecular formula is C26H43NO6. The van der Waals surface area contributed by atoms with Crippen molar-refractivity contribution in [1.29, 1.82) is 0 Å². The minimum absolute atomic E-state index is 0.0386. The molecule has 4 rings (SSSR count). The van der Waals surface area contributed by atoms with E-state index in [1.54, 1.807) is 0 Å². The summed E-state index contributed by atoms with van der Waals surface area (Å²) in [6, 6.07) is 0. The van der Waals surface area contributed by atoms with E-state index in [9.17, 15) is 24.9 Å². The third-order valence-electron chi connectivity index (χ3n) is 10.8. The van der Waals surface area contributed by atoms with Crippen LogP contribution in [0.2, 0.25) is 0 Å². The topological polar surface area (TPSA) is 127 Å². The van der Waals surface area contributed by atoms with Crippen molar-refractivity contribution in [2.45, 2.75) is 103 Å². The van der Waals surface area contributed by atoms with Crippen molar-refractivity contribution >= 4 is 11.9 Å². The molecule has 0 radical (unpaired) electrons. The summed E-state index contributed by atoms with van der Waals surface area (Å²) < 4.78 is 0. The van der Waals surface area contributed by atoms with E-state index in [1.807, 2.05) is 0 Å². The number of hydrogen-bond acceptors (Lipinski definition) is 5. The van der Waals surface area contributed by atoms with Gasteiger partial charge in [-0.25, -0.2) is 0 Å². The van der Waals surface area contributed by atoms with Crippen LogP contribution in [0.3, 0.4) is 0 Å². The van der Waals surface area contributed by atoms with Gasteiger partial charge in [0.2, 0.25) is 5.91 Å². The molecule has 0 aromatic heterocycles. The molecule has 4 aliphatic carbocycles. The maximum Gasteiger partial charge on any atom is 0.322 e. The highest BCUT2D eigenvalue weighted by Gasteiger charge is 2.69. The van der Waals surface area contributed by atoms with E-state index in [2.05, 4.69) is 26.1 Å². The number of nitrogens with one attached hydrogen (secondary N) is 1. The lowest BCUT2D eigenvalue weighted by atomic mass is 9.42. The SMILES string of the molecule is C[C@H](CCC(=O)NCC(=O)O)[C@@H]1CC[C@H]2[C@@]3(O)CC[C@H]4C[C@H](O)CC[C@]4(C)[C@@H]3C[C@H](O)[C@]12C. The molecule has 0 aromatic carbocycles. The monoisotopic (exact) mass is 465 g/mol. The van der Waals surface area contributed by atoms with Crippen LogP contribution in [0.25, 0.3) is 0 Å². The summed E-state index contributed by atoms with van der Waals surface area (Å²) >= 11 is 0. The zero-order valence-electron chi connectivity index (χ0n) is 20.4. The van der Waals surface area contributed by atoms with Crippen molar-refractivity contribution in [1.82, 2.24) is 5.32 Å². The first-order valence-electron chi connectivity index (χ1n) is 13.0. The predicted molar refractivity (Wildman–Crippen MR) is 123 cm³/mol. The predicted octanol–water partition coefficient (Wildman–Crippen LogP) is 2.71. The quantitative estimate of drug-likeness (QED) is 0.410. The molecule has 5 N–H and O–H groups in total. The molecule has 188 valence electrons. The molecule has 4 saturated carbocycles. The molecule has 7 nitrogen and oxygen atoms in total. The van der Waals surface area contributed by atoms with Gasteiger partial charge in [-0.1, -0.05) is 20.8 Å². The van der Waals surface area contributed by atoms with E-state index in [0.717, 1.165) is 44.9 Å². The highest BCUT2D eigenvalue weighted by molar-refractivity contribution is 5.81. The summed E-state index contributed by atoms with van der Waals surface area (Å²) in [7, 11) is 0. The Morgan fingerprint density at radius 3 is 2.45 bits per heavy atom. The Hall–Kier alpha value is -1.18. The summed E-state index contributed by atoms with van der Waals surface area (Å²) in [5, 5.41) is 45.3. The molecule has 4 fully saturated rings. The van der Waals surface area contributed by atoms with Crippen molar-refractivity contribution in [3.63, 3.8) is 0 Å². The van der Waals surface area contributed by atoms with Crippen molar-refractivity contribution in [2.24, 2.45) is 40.4 Å². The Bertz CT molecular complexity index is 774. The fourth-order valence-corrected chi connectivity index (χ4v) is 9.04. The lowest BCUT2D eigenvalue weighted by molar-refractivity contribution is -0.254. The number of aliphatic hydroxyl groups excluding tert-OH is 2. The Morgan fingerprint density at radius 2 is 1.76 bits per heavy atom. The number of aliphatic hydroxyl groups is 3. The summed E-state index contributed by atoms with van der Waals surface area (Å²) in [6.07, 6.45) is 6.80. The van der Waals surface area contributed by atoms with Crippen LogP contribution in [0.15, 0.2) is 0 Å².